The molecule has 0 aliphatic heterocycles. The fourth-order valence-corrected chi connectivity index (χ4v) is 1.59. The minimum atomic E-state index is -0.255. The van der Waals surface area contributed by atoms with Crippen molar-refractivity contribution >= 4 is 0 Å². The summed E-state index contributed by atoms with van der Waals surface area (Å²) in [6.45, 7) is 6.48. The molecule has 76 valence electrons. The van der Waals surface area contributed by atoms with Crippen LogP contribution < -0.4 is 0 Å². The third kappa shape index (κ3) is 3.00. The van der Waals surface area contributed by atoms with Crippen molar-refractivity contribution in [2.75, 3.05) is 14.1 Å². The van der Waals surface area contributed by atoms with Crippen LogP contribution in [-0.4, -0.2) is 24.5 Å². The smallest absolute Gasteiger partial charge is 0.108 e. The van der Waals surface area contributed by atoms with Crippen LogP contribution in [0.2, 0.25) is 0 Å². The summed E-state index contributed by atoms with van der Waals surface area (Å²) in [6, 6.07) is 2.46. The molecule has 0 aromatic rings. The minimum Gasteiger partial charge on any atom is -0.292 e. The number of rotatable bonds is 5. The van der Waals surface area contributed by atoms with E-state index in [9.17, 15) is 5.26 Å². The molecule has 0 aliphatic rings. The van der Waals surface area contributed by atoms with Gasteiger partial charge in [-0.3, -0.25) is 4.90 Å². The zero-order chi connectivity index (χ0) is 10.5. The standard InChI is InChI=1S/C11H22N2/c1-6-10(3)8-11(7-2,9-12)13(4)5/h10H,6-8H2,1-5H3. The summed E-state index contributed by atoms with van der Waals surface area (Å²) < 4.78 is 0. The maximum atomic E-state index is 9.20. The predicted octanol–water partition coefficient (Wildman–Crippen LogP) is 2.66. The zero-order valence-electron chi connectivity index (χ0n) is 9.59. The second-order valence-corrected chi connectivity index (χ2v) is 4.11. The molecule has 0 aromatic heterocycles. The Kier molecular flexibility index (Phi) is 5.02. The Balaban J connectivity index is 4.51. The van der Waals surface area contributed by atoms with Crippen molar-refractivity contribution in [3.63, 3.8) is 0 Å². The first kappa shape index (κ1) is 12.4. The van der Waals surface area contributed by atoms with Gasteiger partial charge in [-0.2, -0.15) is 5.26 Å². The van der Waals surface area contributed by atoms with Crippen molar-refractivity contribution in [2.45, 2.75) is 45.6 Å². The maximum Gasteiger partial charge on any atom is 0.108 e. The Labute approximate surface area is 82.5 Å². The SMILES string of the molecule is CCC(C)CC(C#N)(CC)N(C)C. The Morgan fingerprint density at radius 1 is 1.38 bits per heavy atom. The zero-order valence-corrected chi connectivity index (χ0v) is 9.59. The lowest BCUT2D eigenvalue weighted by Gasteiger charge is -2.34. The molecule has 13 heavy (non-hydrogen) atoms. The van der Waals surface area contributed by atoms with E-state index in [0.717, 1.165) is 19.3 Å². The van der Waals surface area contributed by atoms with Crippen LogP contribution in [0.4, 0.5) is 0 Å². The van der Waals surface area contributed by atoms with Crippen LogP contribution in [0.3, 0.4) is 0 Å². The predicted molar refractivity (Wildman–Crippen MR) is 56.4 cm³/mol. The molecule has 0 aromatic carbocycles. The summed E-state index contributed by atoms with van der Waals surface area (Å²) in [5, 5.41) is 9.20. The molecule has 2 nitrogen and oxygen atoms in total. The van der Waals surface area contributed by atoms with E-state index < -0.39 is 0 Å². The average molecular weight is 182 g/mol. The van der Waals surface area contributed by atoms with E-state index in [1.165, 1.54) is 0 Å². The molecule has 2 unspecified atom stereocenters. The van der Waals surface area contributed by atoms with E-state index in [-0.39, 0.29) is 5.54 Å². The van der Waals surface area contributed by atoms with Crippen molar-refractivity contribution in [2.24, 2.45) is 5.92 Å². The largest absolute Gasteiger partial charge is 0.292 e. The molecule has 0 fully saturated rings. The molecule has 0 N–H and O–H groups in total. The van der Waals surface area contributed by atoms with Crippen LogP contribution in [-0.2, 0) is 0 Å². The Morgan fingerprint density at radius 3 is 2.15 bits per heavy atom. The van der Waals surface area contributed by atoms with E-state index in [2.05, 4.69) is 31.7 Å². The minimum absolute atomic E-state index is 0.255. The van der Waals surface area contributed by atoms with E-state index in [0.29, 0.717) is 5.92 Å². The maximum absolute atomic E-state index is 9.20. The fourth-order valence-electron chi connectivity index (χ4n) is 1.59. The van der Waals surface area contributed by atoms with Gasteiger partial charge < -0.3 is 0 Å². The van der Waals surface area contributed by atoms with Crippen molar-refractivity contribution in [3.8, 4) is 6.07 Å². The molecular weight excluding hydrogens is 160 g/mol. The Morgan fingerprint density at radius 2 is 1.92 bits per heavy atom. The molecule has 0 aliphatic carbocycles. The van der Waals surface area contributed by atoms with Crippen LogP contribution in [0.5, 0.6) is 0 Å². The third-order valence-corrected chi connectivity index (χ3v) is 3.03. The third-order valence-electron chi connectivity index (χ3n) is 3.03. The van der Waals surface area contributed by atoms with E-state index in [4.69, 9.17) is 0 Å². The van der Waals surface area contributed by atoms with Gasteiger partial charge in [0.25, 0.3) is 0 Å². The lowest BCUT2D eigenvalue weighted by Crippen LogP contribution is -2.43. The molecule has 0 heterocycles. The topological polar surface area (TPSA) is 27.0 Å². The first-order valence-electron chi connectivity index (χ1n) is 5.11. The van der Waals surface area contributed by atoms with Gasteiger partial charge in [0.05, 0.1) is 6.07 Å². The highest BCUT2D eigenvalue weighted by Gasteiger charge is 2.31. The van der Waals surface area contributed by atoms with Crippen LogP contribution in [0, 0.1) is 17.2 Å². The normalized spacial score (nSPS) is 17.9. The molecular formula is C11H22N2. The van der Waals surface area contributed by atoms with Crippen LogP contribution in [0.1, 0.15) is 40.0 Å². The molecule has 0 radical (unpaired) electrons. The van der Waals surface area contributed by atoms with Gasteiger partial charge in [-0.05, 0) is 32.9 Å². The van der Waals surface area contributed by atoms with Crippen LogP contribution in [0.25, 0.3) is 0 Å². The molecule has 2 heteroatoms. The van der Waals surface area contributed by atoms with Gasteiger partial charge in [0.15, 0.2) is 0 Å². The summed E-state index contributed by atoms with van der Waals surface area (Å²) in [6.07, 6.45) is 3.03. The van der Waals surface area contributed by atoms with Gasteiger partial charge in [0.1, 0.15) is 5.54 Å². The lowest BCUT2D eigenvalue weighted by molar-refractivity contribution is 0.170. The molecule has 0 saturated carbocycles. The van der Waals surface area contributed by atoms with Crippen LogP contribution in [0.15, 0.2) is 0 Å². The highest BCUT2D eigenvalue weighted by Crippen LogP contribution is 2.26. The second-order valence-electron chi connectivity index (χ2n) is 4.11. The molecule has 2 atom stereocenters. The van der Waals surface area contributed by atoms with Crippen molar-refractivity contribution in [1.82, 2.24) is 4.90 Å². The van der Waals surface area contributed by atoms with E-state index in [1.807, 2.05) is 14.1 Å². The molecule has 0 amide bonds. The van der Waals surface area contributed by atoms with Gasteiger partial charge >= 0.3 is 0 Å². The summed E-state index contributed by atoms with van der Waals surface area (Å²) in [5.74, 6) is 0.627. The first-order chi connectivity index (χ1) is 6.02. The monoisotopic (exact) mass is 182 g/mol. The van der Waals surface area contributed by atoms with Gasteiger partial charge in [0, 0.05) is 0 Å². The van der Waals surface area contributed by atoms with Crippen molar-refractivity contribution < 1.29 is 0 Å². The summed E-state index contributed by atoms with van der Waals surface area (Å²) in [5.41, 5.74) is -0.255. The summed E-state index contributed by atoms with van der Waals surface area (Å²) >= 11 is 0. The number of hydrogen-bond donors (Lipinski definition) is 0. The Hall–Kier alpha value is -0.550. The number of nitriles is 1. The lowest BCUT2D eigenvalue weighted by atomic mass is 9.85. The average Bonchev–Trinajstić information content (AvgIpc) is 2.13. The first-order valence-corrected chi connectivity index (χ1v) is 5.11. The molecule has 0 bridgehead atoms. The molecule has 0 saturated heterocycles. The fraction of sp³-hybridized carbons (Fsp3) is 0.909. The van der Waals surface area contributed by atoms with Gasteiger partial charge in [-0.15, -0.1) is 0 Å². The molecule has 0 rings (SSSR count). The highest BCUT2D eigenvalue weighted by atomic mass is 15.1. The Bertz CT molecular complexity index is 181. The summed E-state index contributed by atoms with van der Waals surface area (Å²) in [4.78, 5) is 2.05. The second kappa shape index (κ2) is 5.24. The highest BCUT2D eigenvalue weighted by molar-refractivity contribution is 5.06. The van der Waals surface area contributed by atoms with Gasteiger partial charge in [0.2, 0.25) is 0 Å². The van der Waals surface area contributed by atoms with Crippen LogP contribution >= 0.6 is 0 Å². The number of hydrogen-bond acceptors (Lipinski definition) is 2. The van der Waals surface area contributed by atoms with E-state index in [1.54, 1.807) is 0 Å². The molecule has 0 spiro atoms. The quantitative estimate of drug-likeness (QED) is 0.653. The summed E-state index contributed by atoms with van der Waals surface area (Å²) in [7, 11) is 3.99. The van der Waals surface area contributed by atoms with Crippen molar-refractivity contribution in [1.29, 1.82) is 5.26 Å². The van der Waals surface area contributed by atoms with Gasteiger partial charge in [-0.1, -0.05) is 27.2 Å². The number of nitrogens with zero attached hydrogens (tertiary/aromatic N) is 2. The van der Waals surface area contributed by atoms with E-state index >= 15 is 0 Å². The van der Waals surface area contributed by atoms with Gasteiger partial charge in [-0.25, -0.2) is 0 Å². The van der Waals surface area contributed by atoms with Crippen molar-refractivity contribution in [3.05, 3.63) is 0 Å².